The van der Waals surface area contributed by atoms with Gasteiger partial charge in [0.1, 0.15) is 5.82 Å². The molecule has 0 bridgehead atoms. The Bertz CT molecular complexity index is 573. The van der Waals surface area contributed by atoms with Crippen LogP contribution in [-0.4, -0.2) is 15.3 Å². The van der Waals surface area contributed by atoms with Crippen LogP contribution in [0.4, 0.5) is 0 Å². The molecule has 0 atom stereocenters. The predicted octanol–water partition coefficient (Wildman–Crippen LogP) is 4.03. The molecule has 5 heteroatoms. The van der Waals surface area contributed by atoms with Crippen molar-refractivity contribution in [1.82, 2.24) is 9.55 Å². The van der Waals surface area contributed by atoms with Crippen molar-refractivity contribution in [1.29, 1.82) is 0 Å². The summed E-state index contributed by atoms with van der Waals surface area (Å²) >= 11 is 12.1. The Balaban J connectivity index is 2.24. The number of aryl methyl sites for hydroxylation is 1. The van der Waals surface area contributed by atoms with Crippen molar-refractivity contribution in [3.05, 3.63) is 52.0 Å². The SMILES string of the molecule is CCCn1ccnc1CC(=O)c1c(Cl)cccc1Cl. The summed E-state index contributed by atoms with van der Waals surface area (Å²) in [4.78, 5) is 16.5. The fraction of sp³-hybridized carbons (Fsp3) is 0.286. The van der Waals surface area contributed by atoms with Gasteiger partial charge in [-0.25, -0.2) is 4.98 Å². The van der Waals surface area contributed by atoms with Gasteiger partial charge in [-0.3, -0.25) is 4.79 Å². The molecule has 0 saturated carbocycles. The van der Waals surface area contributed by atoms with Crippen molar-refractivity contribution in [2.75, 3.05) is 0 Å². The van der Waals surface area contributed by atoms with E-state index in [0.29, 0.717) is 15.6 Å². The van der Waals surface area contributed by atoms with Gasteiger partial charge in [-0.1, -0.05) is 36.2 Å². The lowest BCUT2D eigenvalue weighted by atomic mass is 10.1. The van der Waals surface area contributed by atoms with E-state index in [1.54, 1.807) is 24.4 Å². The molecule has 2 rings (SSSR count). The maximum absolute atomic E-state index is 12.3. The number of aromatic nitrogens is 2. The van der Waals surface area contributed by atoms with Crippen LogP contribution in [0.2, 0.25) is 10.0 Å². The summed E-state index contributed by atoms with van der Waals surface area (Å²) in [6.45, 7) is 2.93. The minimum Gasteiger partial charge on any atom is -0.335 e. The third-order valence-corrected chi connectivity index (χ3v) is 3.46. The third kappa shape index (κ3) is 3.17. The number of Topliss-reactive ketones (excluding diaryl/α,β-unsaturated/α-hetero) is 1. The summed E-state index contributed by atoms with van der Waals surface area (Å²) in [5.41, 5.74) is 0.372. The smallest absolute Gasteiger partial charge is 0.173 e. The first kappa shape index (κ1) is 14.1. The average molecular weight is 297 g/mol. The maximum Gasteiger partial charge on any atom is 0.173 e. The molecular weight excluding hydrogens is 283 g/mol. The van der Waals surface area contributed by atoms with Crippen LogP contribution in [0, 0.1) is 0 Å². The molecule has 100 valence electrons. The number of nitrogens with zero attached hydrogens (tertiary/aromatic N) is 2. The number of ketones is 1. The van der Waals surface area contributed by atoms with Crippen molar-refractivity contribution < 1.29 is 4.79 Å². The molecule has 1 aromatic heterocycles. The summed E-state index contributed by atoms with van der Waals surface area (Å²) in [7, 11) is 0. The van der Waals surface area contributed by atoms with Gasteiger partial charge in [0.25, 0.3) is 0 Å². The molecule has 3 nitrogen and oxygen atoms in total. The van der Waals surface area contributed by atoms with Crippen LogP contribution < -0.4 is 0 Å². The molecule has 0 aliphatic heterocycles. The second kappa shape index (κ2) is 6.22. The van der Waals surface area contributed by atoms with E-state index >= 15 is 0 Å². The lowest BCUT2D eigenvalue weighted by molar-refractivity contribution is 0.0990. The number of carbonyl (C=O) groups is 1. The zero-order chi connectivity index (χ0) is 13.8. The highest BCUT2D eigenvalue weighted by Crippen LogP contribution is 2.25. The zero-order valence-corrected chi connectivity index (χ0v) is 12.1. The van der Waals surface area contributed by atoms with Crippen molar-refractivity contribution in [3.8, 4) is 0 Å². The highest BCUT2D eigenvalue weighted by atomic mass is 35.5. The Hall–Kier alpha value is -1.32. The number of carbonyl (C=O) groups excluding carboxylic acids is 1. The molecule has 0 saturated heterocycles. The molecule has 0 aliphatic rings. The number of halogens is 2. The van der Waals surface area contributed by atoms with Crippen molar-refractivity contribution in [2.45, 2.75) is 26.3 Å². The van der Waals surface area contributed by atoms with E-state index in [1.165, 1.54) is 0 Å². The summed E-state index contributed by atoms with van der Waals surface area (Å²) in [5.74, 6) is 0.627. The molecule has 0 N–H and O–H groups in total. The van der Waals surface area contributed by atoms with Crippen LogP contribution >= 0.6 is 23.2 Å². The van der Waals surface area contributed by atoms with Crippen LogP contribution in [0.5, 0.6) is 0 Å². The summed E-state index contributed by atoms with van der Waals surface area (Å²) in [6.07, 6.45) is 4.77. The van der Waals surface area contributed by atoms with Crippen molar-refractivity contribution >= 4 is 29.0 Å². The minimum atomic E-state index is -0.112. The van der Waals surface area contributed by atoms with E-state index in [9.17, 15) is 4.79 Å². The van der Waals surface area contributed by atoms with Gasteiger partial charge in [0.05, 0.1) is 22.0 Å². The molecule has 0 unspecified atom stereocenters. The van der Waals surface area contributed by atoms with E-state index in [4.69, 9.17) is 23.2 Å². The largest absolute Gasteiger partial charge is 0.335 e. The summed E-state index contributed by atoms with van der Waals surface area (Å²) < 4.78 is 1.97. The lowest BCUT2D eigenvalue weighted by Crippen LogP contribution is -2.11. The van der Waals surface area contributed by atoms with E-state index < -0.39 is 0 Å². The molecule has 0 fully saturated rings. The first-order valence-corrected chi connectivity index (χ1v) is 6.86. The number of hydrogen-bond acceptors (Lipinski definition) is 2. The average Bonchev–Trinajstić information content (AvgIpc) is 2.77. The Morgan fingerprint density at radius 2 is 2.00 bits per heavy atom. The topological polar surface area (TPSA) is 34.9 Å². The third-order valence-electron chi connectivity index (χ3n) is 2.83. The highest BCUT2D eigenvalue weighted by Gasteiger charge is 2.17. The van der Waals surface area contributed by atoms with Crippen molar-refractivity contribution in [3.63, 3.8) is 0 Å². The van der Waals surface area contributed by atoms with Gasteiger partial charge in [0.2, 0.25) is 0 Å². The quantitative estimate of drug-likeness (QED) is 0.781. The second-order valence-corrected chi connectivity index (χ2v) is 5.05. The molecule has 1 heterocycles. The number of hydrogen-bond donors (Lipinski definition) is 0. The van der Waals surface area contributed by atoms with E-state index in [1.807, 2.05) is 10.8 Å². The number of imidazole rings is 1. The Labute approximate surface area is 122 Å². The molecule has 2 aromatic rings. The van der Waals surface area contributed by atoms with E-state index in [0.717, 1.165) is 18.8 Å². The van der Waals surface area contributed by atoms with Crippen LogP contribution in [0.25, 0.3) is 0 Å². The normalized spacial score (nSPS) is 10.7. The van der Waals surface area contributed by atoms with Gasteiger partial charge in [-0.2, -0.15) is 0 Å². The first-order chi connectivity index (χ1) is 9.13. The zero-order valence-electron chi connectivity index (χ0n) is 10.6. The molecule has 0 amide bonds. The Morgan fingerprint density at radius 3 is 2.63 bits per heavy atom. The predicted molar refractivity (Wildman–Crippen MR) is 77.0 cm³/mol. The molecule has 1 aromatic carbocycles. The highest BCUT2D eigenvalue weighted by molar-refractivity contribution is 6.39. The maximum atomic E-state index is 12.3. The van der Waals surface area contributed by atoms with Crippen molar-refractivity contribution in [2.24, 2.45) is 0 Å². The first-order valence-electron chi connectivity index (χ1n) is 6.10. The van der Waals surface area contributed by atoms with Crippen LogP contribution in [0.3, 0.4) is 0 Å². The fourth-order valence-electron chi connectivity index (χ4n) is 1.95. The minimum absolute atomic E-state index is 0.112. The molecule has 19 heavy (non-hydrogen) atoms. The van der Waals surface area contributed by atoms with E-state index in [-0.39, 0.29) is 12.2 Å². The standard InChI is InChI=1S/C14H14Cl2N2O/c1-2-7-18-8-6-17-13(18)9-12(19)14-10(15)4-3-5-11(14)16/h3-6,8H,2,7,9H2,1H3. The van der Waals surface area contributed by atoms with Gasteiger partial charge < -0.3 is 4.57 Å². The molecule has 0 radical (unpaired) electrons. The molecule has 0 aliphatic carbocycles. The van der Waals surface area contributed by atoms with Crippen LogP contribution in [0.1, 0.15) is 29.5 Å². The number of benzene rings is 1. The van der Waals surface area contributed by atoms with Crippen LogP contribution in [0.15, 0.2) is 30.6 Å². The van der Waals surface area contributed by atoms with Gasteiger partial charge in [-0.15, -0.1) is 0 Å². The molecular formula is C14H14Cl2N2O. The van der Waals surface area contributed by atoms with Gasteiger partial charge in [0.15, 0.2) is 5.78 Å². The molecule has 0 spiro atoms. The monoisotopic (exact) mass is 296 g/mol. The number of rotatable bonds is 5. The fourth-order valence-corrected chi connectivity index (χ4v) is 2.56. The Kier molecular flexibility index (Phi) is 4.61. The van der Waals surface area contributed by atoms with Crippen LogP contribution in [-0.2, 0) is 13.0 Å². The van der Waals surface area contributed by atoms with Gasteiger partial charge in [0, 0.05) is 18.9 Å². The summed E-state index contributed by atoms with van der Waals surface area (Å²) in [6, 6.07) is 5.05. The van der Waals surface area contributed by atoms with E-state index in [2.05, 4.69) is 11.9 Å². The van der Waals surface area contributed by atoms with Gasteiger partial charge >= 0.3 is 0 Å². The summed E-state index contributed by atoms with van der Waals surface area (Å²) in [5, 5.41) is 0.761. The van der Waals surface area contributed by atoms with Gasteiger partial charge in [-0.05, 0) is 18.6 Å². The second-order valence-electron chi connectivity index (χ2n) is 4.23. The lowest BCUT2D eigenvalue weighted by Gasteiger charge is -2.08. The Morgan fingerprint density at radius 1 is 1.32 bits per heavy atom.